The van der Waals surface area contributed by atoms with Crippen molar-refractivity contribution in [3.05, 3.63) is 63.9 Å². The lowest BCUT2D eigenvalue weighted by molar-refractivity contribution is 0.0953. The number of nitrogens with zero attached hydrogens (tertiary/aromatic N) is 1. The first-order valence-electron chi connectivity index (χ1n) is 6.27. The Balaban J connectivity index is 2.18. The predicted molar refractivity (Wildman–Crippen MR) is 84.3 cm³/mol. The lowest BCUT2D eigenvalue weighted by Gasteiger charge is -2.20. The summed E-state index contributed by atoms with van der Waals surface area (Å²) in [5.41, 5.74) is 4.33. The molecule has 0 saturated carbocycles. The van der Waals surface area contributed by atoms with Crippen LogP contribution in [0.1, 0.15) is 15.9 Å². The molecular formula is C15H15BrFN3O. The smallest absolute Gasteiger partial charge is 0.265 e. The van der Waals surface area contributed by atoms with E-state index in [0.717, 1.165) is 15.7 Å². The average Bonchev–Trinajstić information content (AvgIpc) is 2.48. The van der Waals surface area contributed by atoms with E-state index in [2.05, 4.69) is 21.4 Å². The molecule has 0 radical (unpaired) electrons. The van der Waals surface area contributed by atoms with Crippen LogP contribution in [0, 0.1) is 5.82 Å². The summed E-state index contributed by atoms with van der Waals surface area (Å²) in [6.45, 7) is 0.578. The lowest BCUT2D eigenvalue weighted by Crippen LogP contribution is -2.30. The van der Waals surface area contributed by atoms with Crippen molar-refractivity contribution in [3.63, 3.8) is 0 Å². The molecule has 0 unspecified atom stereocenters. The van der Waals surface area contributed by atoms with Gasteiger partial charge in [0.25, 0.3) is 5.91 Å². The van der Waals surface area contributed by atoms with Crippen LogP contribution in [0.4, 0.5) is 10.1 Å². The highest BCUT2D eigenvalue weighted by Crippen LogP contribution is 2.23. The van der Waals surface area contributed by atoms with E-state index < -0.39 is 0 Å². The van der Waals surface area contributed by atoms with Gasteiger partial charge in [-0.05, 0) is 35.9 Å². The largest absolute Gasteiger partial charge is 0.370 e. The number of carbonyl (C=O) groups excluding carboxylic acids is 1. The van der Waals surface area contributed by atoms with E-state index in [9.17, 15) is 9.18 Å². The van der Waals surface area contributed by atoms with E-state index >= 15 is 0 Å². The Morgan fingerprint density at radius 2 is 2.10 bits per heavy atom. The quantitative estimate of drug-likeness (QED) is 0.505. The van der Waals surface area contributed by atoms with Gasteiger partial charge in [0.05, 0.1) is 0 Å². The molecule has 3 N–H and O–H groups in total. The first-order chi connectivity index (χ1) is 10.0. The van der Waals surface area contributed by atoms with E-state index in [4.69, 9.17) is 5.84 Å². The van der Waals surface area contributed by atoms with Crippen molar-refractivity contribution >= 4 is 27.5 Å². The average molecular weight is 352 g/mol. The number of hydrogen-bond acceptors (Lipinski definition) is 3. The van der Waals surface area contributed by atoms with Crippen molar-refractivity contribution < 1.29 is 9.18 Å². The number of benzene rings is 2. The number of nitrogen functional groups attached to an aromatic ring is 1. The predicted octanol–water partition coefficient (Wildman–Crippen LogP) is 2.83. The first kappa shape index (κ1) is 15.5. The van der Waals surface area contributed by atoms with Gasteiger partial charge in [0, 0.05) is 29.3 Å². The van der Waals surface area contributed by atoms with Gasteiger partial charge in [0.15, 0.2) is 0 Å². The SMILES string of the molecule is CN(Cc1ccc(C(=O)NN)cc1Br)c1cccc(F)c1. The molecule has 2 rings (SSSR count). The zero-order chi connectivity index (χ0) is 15.4. The standard InChI is InChI=1S/C15H15BrFN3O/c1-20(13-4-2-3-12(17)8-13)9-11-6-5-10(7-14(11)16)15(21)19-18/h2-8H,9,18H2,1H3,(H,19,21). The van der Waals surface area contributed by atoms with Crippen LogP contribution in [0.2, 0.25) is 0 Å². The molecular weight excluding hydrogens is 337 g/mol. The number of amides is 1. The van der Waals surface area contributed by atoms with Crippen LogP contribution in [-0.2, 0) is 6.54 Å². The molecule has 2 aromatic carbocycles. The van der Waals surface area contributed by atoms with E-state index in [0.29, 0.717) is 12.1 Å². The van der Waals surface area contributed by atoms with Crippen LogP contribution in [-0.4, -0.2) is 13.0 Å². The molecule has 0 spiro atoms. The number of anilines is 1. The van der Waals surface area contributed by atoms with Crippen molar-refractivity contribution in [1.29, 1.82) is 0 Å². The van der Waals surface area contributed by atoms with Crippen molar-refractivity contribution in [1.82, 2.24) is 5.43 Å². The summed E-state index contributed by atoms with van der Waals surface area (Å²) in [5.74, 6) is 4.49. The molecule has 0 heterocycles. The Kier molecular flexibility index (Phi) is 4.93. The van der Waals surface area contributed by atoms with Gasteiger partial charge >= 0.3 is 0 Å². The van der Waals surface area contributed by atoms with E-state index in [1.165, 1.54) is 12.1 Å². The summed E-state index contributed by atoms with van der Waals surface area (Å²) in [4.78, 5) is 13.4. The summed E-state index contributed by atoms with van der Waals surface area (Å²) in [6.07, 6.45) is 0. The molecule has 0 aliphatic heterocycles. The third-order valence-electron chi connectivity index (χ3n) is 3.10. The Morgan fingerprint density at radius 3 is 2.71 bits per heavy atom. The Hall–Kier alpha value is -1.92. The van der Waals surface area contributed by atoms with Gasteiger partial charge in [-0.3, -0.25) is 10.2 Å². The minimum absolute atomic E-state index is 0.270. The molecule has 1 amide bonds. The molecule has 6 heteroatoms. The highest BCUT2D eigenvalue weighted by molar-refractivity contribution is 9.10. The molecule has 4 nitrogen and oxygen atoms in total. The van der Waals surface area contributed by atoms with E-state index in [1.807, 2.05) is 24.1 Å². The molecule has 0 atom stereocenters. The minimum atomic E-state index is -0.347. The van der Waals surface area contributed by atoms with Crippen molar-refractivity contribution in [2.45, 2.75) is 6.54 Å². The topological polar surface area (TPSA) is 58.4 Å². The normalized spacial score (nSPS) is 10.3. The molecule has 0 aliphatic rings. The second-order valence-electron chi connectivity index (χ2n) is 4.62. The number of nitrogens with one attached hydrogen (secondary N) is 1. The molecule has 110 valence electrons. The third-order valence-corrected chi connectivity index (χ3v) is 3.84. The monoisotopic (exact) mass is 351 g/mol. The van der Waals surface area contributed by atoms with Crippen molar-refractivity contribution in [2.75, 3.05) is 11.9 Å². The second kappa shape index (κ2) is 6.69. The minimum Gasteiger partial charge on any atom is -0.370 e. The Labute approximate surface area is 130 Å². The fourth-order valence-electron chi connectivity index (χ4n) is 1.96. The van der Waals surface area contributed by atoms with Crippen molar-refractivity contribution in [3.8, 4) is 0 Å². The fourth-order valence-corrected chi connectivity index (χ4v) is 2.46. The van der Waals surface area contributed by atoms with Crippen LogP contribution in [0.25, 0.3) is 0 Å². The van der Waals surface area contributed by atoms with Crippen molar-refractivity contribution in [2.24, 2.45) is 5.84 Å². The van der Waals surface area contributed by atoms with Gasteiger partial charge in [0.1, 0.15) is 5.82 Å². The molecule has 0 saturated heterocycles. The summed E-state index contributed by atoms with van der Waals surface area (Å²) in [6, 6.07) is 11.6. The van der Waals surface area contributed by atoms with Gasteiger partial charge in [0.2, 0.25) is 0 Å². The lowest BCUT2D eigenvalue weighted by atomic mass is 10.1. The van der Waals surface area contributed by atoms with Gasteiger partial charge in [-0.15, -0.1) is 0 Å². The Bertz CT molecular complexity index is 663. The molecule has 0 aromatic heterocycles. The first-order valence-corrected chi connectivity index (χ1v) is 7.06. The highest BCUT2D eigenvalue weighted by atomic mass is 79.9. The van der Waals surface area contributed by atoms with Crippen LogP contribution < -0.4 is 16.2 Å². The highest BCUT2D eigenvalue weighted by Gasteiger charge is 2.09. The molecule has 0 bridgehead atoms. The summed E-state index contributed by atoms with van der Waals surface area (Å²) >= 11 is 3.44. The van der Waals surface area contributed by atoms with Crippen LogP contribution in [0.5, 0.6) is 0 Å². The number of carbonyl (C=O) groups is 1. The van der Waals surface area contributed by atoms with Gasteiger partial charge in [-0.25, -0.2) is 10.2 Å². The summed E-state index contributed by atoms with van der Waals surface area (Å²) in [7, 11) is 1.88. The summed E-state index contributed by atoms with van der Waals surface area (Å²) in [5, 5.41) is 0. The fraction of sp³-hybridized carbons (Fsp3) is 0.133. The van der Waals surface area contributed by atoms with Gasteiger partial charge in [-0.1, -0.05) is 28.1 Å². The number of nitrogens with two attached hydrogens (primary N) is 1. The molecule has 0 aliphatic carbocycles. The van der Waals surface area contributed by atoms with Crippen LogP contribution >= 0.6 is 15.9 Å². The van der Waals surface area contributed by atoms with Crippen LogP contribution in [0.3, 0.4) is 0 Å². The summed E-state index contributed by atoms with van der Waals surface area (Å²) < 4.78 is 14.0. The second-order valence-corrected chi connectivity index (χ2v) is 5.47. The zero-order valence-electron chi connectivity index (χ0n) is 11.4. The third kappa shape index (κ3) is 3.80. The number of hydrogen-bond donors (Lipinski definition) is 2. The maximum Gasteiger partial charge on any atom is 0.265 e. The zero-order valence-corrected chi connectivity index (χ0v) is 13.0. The maximum absolute atomic E-state index is 13.2. The van der Waals surface area contributed by atoms with E-state index in [-0.39, 0.29) is 11.7 Å². The number of halogens is 2. The van der Waals surface area contributed by atoms with Crippen LogP contribution in [0.15, 0.2) is 46.9 Å². The Morgan fingerprint density at radius 1 is 1.33 bits per heavy atom. The van der Waals surface area contributed by atoms with E-state index in [1.54, 1.807) is 18.2 Å². The van der Waals surface area contributed by atoms with Gasteiger partial charge < -0.3 is 4.90 Å². The molecule has 2 aromatic rings. The maximum atomic E-state index is 13.2. The van der Waals surface area contributed by atoms with Gasteiger partial charge in [-0.2, -0.15) is 0 Å². The number of hydrazine groups is 1. The molecule has 0 fully saturated rings. The number of rotatable bonds is 4. The molecule has 21 heavy (non-hydrogen) atoms.